The number of anilines is 3. The van der Waals surface area contributed by atoms with Gasteiger partial charge in [0.1, 0.15) is 11.4 Å². The first-order valence-electron chi connectivity index (χ1n) is 12.1. The van der Waals surface area contributed by atoms with Crippen molar-refractivity contribution in [2.24, 2.45) is 0 Å². The molecule has 5 N–H and O–H groups in total. The molecule has 0 bridgehead atoms. The summed E-state index contributed by atoms with van der Waals surface area (Å²) >= 11 is 0. The smallest absolute Gasteiger partial charge is 0.327 e. The van der Waals surface area contributed by atoms with Crippen molar-refractivity contribution in [2.45, 2.75) is 6.42 Å². The van der Waals surface area contributed by atoms with Gasteiger partial charge in [0.2, 0.25) is 23.7 Å². The van der Waals surface area contributed by atoms with Crippen molar-refractivity contribution in [2.75, 3.05) is 23.3 Å². The Morgan fingerprint density at radius 2 is 1.57 bits per heavy atom. The van der Waals surface area contributed by atoms with E-state index in [9.17, 15) is 0 Å². The first-order valence-corrected chi connectivity index (χ1v) is 12.1. The number of nitrogens with one attached hydrogen (secondary N) is 1. The first kappa shape index (κ1) is 23.2. The van der Waals surface area contributed by atoms with E-state index in [1.807, 2.05) is 24.3 Å². The quantitative estimate of drug-likeness (QED) is 0.256. The molecule has 6 heterocycles. The van der Waals surface area contributed by atoms with Gasteiger partial charge in [0.15, 0.2) is 17.2 Å². The average molecular weight is 537 g/mol. The van der Waals surface area contributed by atoms with Gasteiger partial charge >= 0.3 is 6.01 Å². The maximum absolute atomic E-state index is 6.07. The van der Waals surface area contributed by atoms with Crippen LogP contribution < -0.4 is 21.5 Å². The number of ether oxygens (including phenoxy) is 1. The Bertz CT molecular complexity index is 1930. The third kappa shape index (κ3) is 4.36. The van der Waals surface area contributed by atoms with Gasteiger partial charge in [-0.25, -0.2) is 0 Å². The second-order valence-corrected chi connectivity index (χ2v) is 8.59. The zero-order valence-electron chi connectivity index (χ0n) is 20.7. The highest BCUT2D eigenvalue weighted by molar-refractivity contribution is 5.60. The van der Waals surface area contributed by atoms with Gasteiger partial charge in [-0.2, -0.15) is 39.0 Å². The van der Waals surface area contributed by atoms with Crippen LogP contribution in [-0.4, -0.2) is 50.7 Å². The third-order valence-electron chi connectivity index (χ3n) is 5.91. The van der Waals surface area contributed by atoms with Gasteiger partial charge in [0, 0.05) is 12.6 Å². The molecule has 0 radical (unpaired) electrons. The van der Waals surface area contributed by atoms with Crippen LogP contribution in [0.25, 0.3) is 34.5 Å². The van der Waals surface area contributed by atoms with Gasteiger partial charge in [-0.3, -0.25) is 0 Å². The Labute approximate surface area is 224 Å². The van der Waals surface area contributed by atoms with E-state index in [0.29, 0.717) is 59.1 Å². The summed E-state index contributed by atoms with van der Waals surface area (Å²) in [6.45, 7) is 0.560. The van der Waals surface area contributed by atoms with E-state index in [1.165, 1.54) is 9.03 Å². The molecule has 0 aliphatic heterocycles. The molecule has 7 rings (SSSR count). The molecule has 0 saturated carbocycles. The number of hydrogen-bond donors (Lipinski definition) is 3. The Morgan fingerprint density at radius 3 is 2.35 bits per heavy atom. The maximum Gasteiger partial charge on any atom is 0.327 e. The Morgan fingerprint density at radius 1 is 0.800 bits per heavy atom. The van der Waals surface area contributed by atoms with E-state index in [2.05, 4.69) is 40.4 Å². The monoisotopic (exact) mass is 536 g/mol. The predicted octanol–water partition coefficient (Wildman–Crippen LogP) is 3.09. The van der Waals surface area contributed by atoms with Crippen molar-refractivity contribution < 1.29 is 13.6 Å². The Kier molecular flexibility index (Phi) is 5.44. The van der Waals surface area contributed by atoms with Crippen LogP contribution in [0.1, 0.15) is 5.56 Å². The topological polar surface area (TPSA) is 199 Å². The summed E-state index contributed by atoms with van der Waals surface area (Å²) in [4.78, 5) is 21.6. The molecular weight excluding hydrogens is 516 g/mol. The summed E-state index contributed by atoms with van der Waals surface area (Å²) in [7, 11) is 0. The SMILES string of the molecule is Nc1nc(Oc2ccc(CCNc3nc(N)n4nc(-c5ccco5)nc4n3)cc2)nc2cc(-c3ccco3)nn12. The number of benzene rings is 1. The molecule has 0 aliphatic rings. The summed E-state index contributed by atoms with van der Waals surface area (Å²) in [6, 6.07) is 16.5. The molecule has 6 aromatic heterocycles. The van der Waals surface area contributed by atoms with E-state index < -0.39 is 0 Å². The standard InChI is InChI=1S/C25H20N12O3/c26-21-31-23(33-24-30-20(35-37(21)24)18-4-2-12-39-18)28-10-9-14-5-7-15(8-6-14)40-25-29-19-13-16(17-3-1-11-38-17)34-36(19)22(27)32-25/h1-8,11-13H,9-10H2,(H2,27,29,32)(H3,26,28,30,31,33,35). The predicted molar refractivity (Wildman–Crippen MR) is 142 cm³/mol. The molecule has 0 spiro atoms. The fraction of sp³-hybridized carbons (Fsp3) is 0.0800. The van der Waals surface area contributed by atoms with E-state index in [1.54, 1.807) is 42.9 Å². The number of aromatic nitrogens is 9. The van der Waals surface area contributed by atoms with E-state index in [0.717, 1.165) is 5.56 Å². The normalized spacial score (nSPS) is 11.4. The molecule has 1 aromatic carbocycles. The number of hydrogen-bond acceptors (Lipinski definition) is 13. The molecule has 7 aromatic rings. The molecule has 0 amide bonds. The largest absolute Gasteiger partial charge is 0.463 e. The molecule has 0 unspecified atom stereocenters. The fourth-order valence-corrected chi connectivity index (χ4v) is 4.02. The van der Waals surface area contributed by atoms with Gasteiger partial charge < -0.3 is 30.4 Å². The Hall–Kier alpha value is -5.99. The average Bonchev–Trinajstić information content (AvgIpc) is 3.76. The van der Waals surface area contributed by atoms with Crippen LogP contribution in [0.2, 0.25) is 0 Å². The summed E-state index contributed by atoms with van der Waals surface area (Å²) < 4.78 is 19.4. The second kappa shape index (κ2) is 9.39. The van der Waals surface area contributed by atoms with Crippen LogP contribution >= 0.6 is 0 Å². The molecule has 40 heavy (non-hydrogen) atoms. The second-order valence-electron chi connectivity index (χ2n) is 8.59. The van der Waals surface area contributed by atoms with Crippen LogP contribution in [0.4, 0.5) is 17.8 Å². The van der Waals surface area contributed by atoms with Crippen LogP contribution in [0, 0.1) is 0 Å². The molecule has 198 valence electrons. The number of nitrogens with two attached hydrogens (primary N) is 2. The summed E-state index contributed by atoms with van der Waals surface area (Å²) in [5.41, 5.74) is 14.3. The molecular formula is C25H20N12O3. The zero-order valence-corrected chi connectivity index (χ0v) is 20.7. The number of rotatable bonds is 8. The lowest BCUT2D eigenvalue weighted by atomic mass is 10.1. The highest BCUT2D eigenvalue weighted by Crippen LogP contribution is 2.24. The molecule has 0 atom stereocenters. The number of nitrogens with zero attached hydrogens (tertiary/aromatic N) is 9. The maximum atomic E-state index is 6.07. The van der Waals surface area contributed by atoms with Gasteiger partial charge in [-0.1, -0.05) is 12.1 Å². The van der Waals surface area contributed by atoms with Gasteiger partial charge in [-0.05, 0) is 48.4 Å². The van der Waals surface area contributed by atoms with Gasteiger partial charge in [0.05, 0.1) is 12.5 Å². The molecule has 0 aliphatic carbocycles. The van der Waals surface area contributed by atoms with Gasteiger partial charge in [-0.15, -0.1) is 5.10 Å². The molecule has 15 heteroatoms. The lowest BCUT2D eigenvalue weighted by molar-refractivity contribution is 0.441. The van der Waals surface area contributed by atoms with Crippen molar-refractivity contribution in [3.05, 3.63) is 72.7 Å². The molecule has 0 saturated heterocycles. The molecule has 15 nitrogen and oxygen atoms in total. The summed E-state index contributed by atoms with van der Waals surface area (Å²) in [5.74, 6) is 3.03. The lowest BCUT2D eigenvalue weighted by Gasteiger charge is -2.08. The summed E-state index contributed by atoms with van der Waals surface area (Å²) in [6.07, 6.45) is 3.81. The molecule has 0 fully saturated rings. The van der Waals surface area contributed by atoms with Crippen molar-refractivity contribution in [3.8, 4) is 34.8 Å². The van der Waals surface area contributed by atoms with E-state index in [4.69, 9.17) is 25.0 Å². The first-order chi connectivity index (χ1) is 19.6. The van der Waals surface area contributed by atoms with Crippen LogP contribution in [0.15, 0.2) is 76.0 Å². The minimum Gasteiger partial charge on any atom is -0.463 e. The highest BCUT2D eigenvalue weighted by atomic mass is 16.5. The lowest BCUT2D eigenvalue weighted by Crippen LogP contribution is -2.12. The van der Waals surface area contributed by atoms with Crippen molar-refractivity contribution in [1.82, 2.24) is 44.1 Å². The third-order valence-corrected chi connectivity index (χ3v) is 5.91. The Balaban J connectivity index is 0.996. The van der Waals surface area contributed by atoms with Gasteiger partial charge in [0.25, 0.3) is 5.78 Å². The minimum atomic E-state index is 0.110. The number of furan rings is 2. The highest BCUT2D eigenvalue weighted by Gasteiger charge is 2.15. The van der Waals surface area contributed by atoms with Crippen molar-refractivity contribution >= 4 is 29.3 Å². The number of fused-ring (bicyclic) bond motifs is 2. The van der Waals surface area contributed by atoms with Crippen LogP contribution in [0.5, 0.6) is 11.8 Å². The van der Waals surface area contributed by atoms with Crippen LogP contribution in [0.3, 0.4) is 0 Å². The minimum absolute atomic E-state index is 0.110. The zero-order chi connectivity index (χ0) is 27.1. The number of nitrogen functional groups attached to an aromatic ring is 2. The van der Waals surface area contributed by atoms with Crippen molar-refractivity contribution in [1.29, 1.82) is 0 Å². The van der Waals surface area contributed by atoms with Crippen molar-refractivity contribution in [3.63, 3.8) is 0 Å². The van der Waals surface area contributed by atoms with E-state index >= 15 is 0 Å². The summed E-state index contributed by atoms with van der Waals surface area (Å²) in [5, 5.41) is 11.8. The van der Waals surface area contributed by atoms with Crippen LogP contribution in [-0.2, 0) is 6.42 Å². The van der Waals surface area contributed by atoms with E-state index in [-0.39, 0.29) is 17.9 Å². The fourth-order valence-electron chi connectivity index (χ4n) is 4.02.